The average molecular weight is 653 g/mol. The molecule has 2 aromatic rings. The molecule has 0 saturated carbocycles. The molecule has 0 spiro atoms. The quantitative estimate of drug-likeness (QED) is 0.478. The molecule has 2 aliphatic heterocycles. The molecule has 0 radical (unpaired) electrons. The van der Waals surface area contributed by atoms with Gasteiger partial charge in [0.1, 0.15) is 0 Å². The largest absolute Gasteiger partial charge is 0.351 e. The van der Waals surface area contributed by atoms with Crippen LogP contribution in [0, 0.1) is 11.8 Å². The summed E-state index contributed by atoms with van der Waals surface area (Å²) in [4.78, 5) is 44.6. The maximum absolute atomic E-state index is 13.1. The van der Waals surface area contributed by atoms with Crippen LogP contribution in [-0.2, 0) is 22.4 Å². The Morgan fingerprint density at radius 3 is 2.49 bits per heavy atom. The fourth-order valence-electron chi connectivity index (χ4n) is 6.19. The fraction of sp³-hybridized carbons (Fsp3) is 0.481. The standard InChI is InChI=1S/C27H29Br2ClN4O3/c28-19-11-18-2-1-17-12-20(30)13-21(29)24(17)25(26(18)32-14-19)16-4-6-33(7-5-16)22(35)9-15-3-8-34(27(31)37)23(36)10-15/h11-16,25H,1-10H2,(H2,31,37)/t15?,25-/m1/s1. The molecule has 5 rings (SSSR count). The van der Waals surface area contributed by atoms with E-state index < -0.39 is 6.03 Å². The Bertz CT molecular complexity index is 1250. The van der Waals surface area contributed by atoms with Gasteiger partial charge in [-0.05, 0) is 94.8 Å². The second-order valence-electron chi connectivity index (χ2n) is 10.3. The number of urea groups is 1. The lowest BCUT2D eigenvalue weighted by Gasteiger charge is -2.38. The third kappa shape index (κ3) is 5.59. The van der Waals surface area contributed by atoms with E-state index in [9.17, 15) is 14.4 Å². The summed E-state index contributed by atoms with van der Waals surface area (Å²) < 4.78 is 2.00. The lowest BCUT2D eigenvalue weighted by Crippen LogP contribution is -2.47. The summed E-state index contributed by atoms with van der Waals surface area (Å²) in [6, 6.07) is 5.52. The van der Waals surface area contributed by atoms with Crippen molar-refractivity contribution in [1.29, 1.82) is 0 Å². The first-order valence-electron chi connectivity index (χ1n) is 12.7. The summed E-state index contributed by atoms with van der Waals surface area (Å²) >= 11 is 13.8. The minimum Gasteiger partial charge on any atom is -0.351 e. The van der Waals surface area contributed by atoms with E-state index in [1.165, 1.54) is 16.7 Å². The number of hydrogen-bond acceptors (Lipinski definition) is 4. The van der Waals surface area contributed by atoms with Crippen molar-refractivity contribution in [2.45, 2.75) is 50.9 Å². The summed E-state index contributed by atoms with van der Waals surface area (Å²) in [5, 5.41) is 0.727. The summed E-state index contributed by atoms with van der Waals surface area (Å²) in [7, 11) is 0. The van der Waals surface area contributed by atoms with Crippen LogP contribution in [0.25, 0.3) is 0 Å². The van der Waals surface area contributed by atoms with Crippen LogP contribution in [0.5, 0.6) is 0 Å². The van der Waals surface area contributed by atoms with E-state index in [0.29, 0.717) is 31.8 Å². The number of nitrogens with two attached hydrogens (primary N) is 1. The van der Waals surface area contributed by atoms with E-state index in [0.717, 1.165) is 50.2 Å². The second kappa shape index (κ2) is 11.0. The number of benzene rings is 1. The number of aryl methyl sites for hydroxylation is 2. The topological polar surface area (TPSA) is 96.6 Å². The molecule has 1 unspecified atom stereocenters. The van der Waals surface area contributed by atoms with Crippen LogP contribution in [-0.4, -0.2) is 52.3 Å². The van der Waals surface area contributed by atoms with E-state index in [4.69, 9.17) is 22.3 Å². The Labute approximate surface area is 238 Å². The Kier molecular flexibility index (Phi) is 7.93. The number of carbonyl (C=O) groups is 3. The summed E-state index contributed by atoms with van der Waals surface area (Å²) in [5.41, 5.74) is 10.2. The van der Waals surface area contributed by atoms with Gasteiger partial charge in [-0.25, -0.2) is 4.79 Å². The molecular weight excluding hydrogens is 624 g/mol. The van der Waals surface area contributed by atoms with Gasteiger partial charge in [0.2, 0.25) is 11.8 Å². The molecule has 4 amide bonds. The number of rotatable bonds is 3. The zero-order chi connectivity index (χ0) is 26.3. The van der Waals surface area contributed by atoms with Gasteiger partial charge in [0.15, 0.2) is 0 Å². The van der Waals surface area contributed by atoms with Gasteiger partial charge in [0.05, 0.1) is 5.69 Å². The van der Waals surface area contributed by atoms with Crippen molar-refractivity contribution in [3.63, 3.8) is 0 Å². The molecule has 2 atom stereocenters. The first-order chi connectivity index (χ1) is 17.7. The Morgan fingerprint density at radius 2 is 1.78 bits per heavy atom. The van der Waals surface area contributed by atoms with Gasteiger partial charge in [-0.1, -0.05) is 27.5 Å². The van der Waals surface area contributed by atoms with Crippen molar-refractivity contribution < 1.29 is 14.4 Å². The lowest BCUT2D eigenvalue weighted by molar-refractivity contribution is -0.136. The third-order valence-electron chi connectivity index (χ3n) is 8.04. The predicted octanol–water partition coefficient (Wildman–Crippen LogP) is 5.44. The zero-order valence-corrected chi connectivity index (χ0v) is 24.3. The number of nitrogens with zero attached hydrogens (tertiary/aromatic N) is 3. The van der Waals surface area contributed by atoms with Gasteiger partial charge >= 0.3 is 6.03 Å². The van der Waals surface area contributed by atoms with Crippen LogP contribution in [0.4, 0.5) is 4.79 Å². The smallest absolute Gasteiger partial charge is 0.321 e. The molecule has 0 bridgehead atoms. The molecule has 37 heavy (non-hydrogen) atoms. The van der Waals surface area contributed by atoms with Crippen molar-refractivity contribution in [2.24, 2.45) is 17.6 Å². The molecule has 2 fully saturated rings. The normalized spacial score (nSPS) is 22.3. The Hall–Kier alpha value is -1.97. The highest BCUT2D eigenvalue weighted by molar-refractivity contribution is 9.10. The maximum atomic E-state index is 13.1. The van der Waals surface area contributed by atoms with Crippen molar-refractivity contribution >= 4 is 61.3 Å². The van der Waals surface area contributed by atoms with Crippen molar-refractivity contribution in [3.8, 4) is 0 Å². The molecule has 2 saturated heterocycles. The van der Waals surface area contributed by atoms with Crippen LogP contribution in [0.1, 0.15) is 60.4 Å². The first kappa shape index (κ1) is 26.6. The molecule has 7 nitrogen and oxygen atoms in total. The summed E-state index contributed by atoms with van der Waals surface area (Å²) in [6.45, 7) is 1.65. The SMILES string of the molecule is NC(=O)N1CCC(CC(=O)N2CCC([C@H]3c4ncc(Br)cc4CCc4cc(Cl)cc(Br)c43)CC2)CC1=O. The number of amides is 4. The highest BCUT2D eigenvalue weighted by Crippen LogP contribution is 2.46. The molecule has 1 aromatic carbocycles. The molecule has 1 aliphatic carbocycles. The number of hydrogen-bond donors (Lipinski definition) is 1. The number of piperidine rings is 2. The number of primary amides is 1. The highest BCUT2D eigenvalue weighted by atomic mass is 79.9. The van der Waals surface area contributed by atoms with Crippen molar-refractivity contribution in [2.75, 3.05) is 19.6 Å². The second-order valence-corrected chi connectivity index (χ2v) is 12.5. The van der Waals surface area contributed by atoms with Gasteiger partial charge in [0, 0.05) is 58.6 Å². The van der Waals surface area contributed by atoms with Crippen LogP contribution < -0.4 is 5.73 Å². The Balaban J connectivity index is 1.31. The van der Waals surface area contributed by atoms with Gasteiger partial charge in [-0.3, -0.25) is 19.5 Å². The lowest BCUT2D eigenvalue weighted by atomic mass is 9.76. The average Bonchev–Trinajstić information content (AvgIpc) is 3.00. The molecular formula is C27H29Br2ClN4O3. The molecule has 196 valence electrons. The highest BCUT2D eigenvalue weighted by Gasteiger charge is 2.37. The summed E-state index contributed by atoms with van der Waals surface area (Å²) in [5.74, 6) is 0.218. The molecule has 3 heterocycles. The van der Waals surface area contributed by atoms with E-state index in [1.54, 1.807) is 0 Å². The predicted molar refractivity (Wildman–Crippen MR) is 148 cm³/mol. The number of imide groups is 1. The Morgan fingerprint density at radius 1 is 1.05 bits per heavy atom. The maximum Gasteiger partial charge on any atom is 0.321 e. The number of carbonyl (C=O) groups excluding carboxylic acids is 3. The molecule has 2 N–H and O–H groups in total. The number of pyridine rings is 1. The van der Waals surface area contributed by atoms with Crippen LogP contribution in [0.3, 0.4) is 0 Å². The monoisotopic (exact) mass is 650 g/mol. The van der Waals surface area contributed by atoms with E-state index in [2.05, 4.69) is 44.0 Å². The minimum atomic E-state index is -0.714. The van der Waals surface area contributed by atoms with E-state index in [1.807, 2.05) is 17.2 Å². The molecule has 10 heteroatoms. The third-order valence-corrected chi connectivity index (χ3v) is 9.34. The number of aromatic nitrogens is 1. The van der Waals surface area contributed by atoms with Crippen molar-refractivity contribution in [3.05, 3.63) is 60.7 Å². The number of halogens is 3. The van der Waals surface area contributed by atoms with E-state index in [-0.39, 0.29) is 36.6 Å². The van der Waals surface area contributed by atoms with Gasteiger partial charge in [0.25, 0.3) is 0 Å². The van der Waals surface area contributed by atoms with Crippen molar-refractivity contribution in [1.82, 2.24) is 14.8 Å². The van der Waals surface area contributed by atoms with Gasteiger partial charge < -0.3 is 10.6 Å². The number of likely N-dealkylation sites (tertiary alicyclic amines) is 2. The first-order valence-corrected chi connectivity index (χ1v) is 14.7. The van der Waals surface area contributed by atoms with Crippen LogP contribution in [0.2, 0.25) is 5.02 Å². The minimum absolute atomic E-state index is 0.0442. The molecule has 1 aromatic heterocycles. The summed E-state index contributed by atoms with van der Waals surface area (Å²) in [6.07, 6.45) is 6.58. The van der Waals surface area contributed by atoms with Crippen LogP contribution >= 0.6 is 43.5 Å². The van der Waals surface area contributed by atoms with E-state index >= 15 is 0 Å². The van der Waals surface area contributed by atoms with Crippen LogP contribution in [0.15, 0.2) is 33.3 Å². The molecule has 3 aliphatic rings. The van der Waals surface area contributed by atoms with Gasteiger partial charge in [-0.2, -0.15) is 0 Å². The van der Waals surface area contributed by atoms with Gasteiger partial charge in [-0.15, -0.1) is 0 Å². The fourth-order valence-corrected chi connectivity index (χ4v) is 7.69. The zero-order valence-electron chi connectivity index (χ0n) is 20.4. The number of fused-ring (bicyclic) bond motifs is 2.